The van der Waals surface area contributed by atoms with Crippen LogP contribution in [0.3, 0.4) is 0 Å². The summed E-state index contributed by atoms with van der Waals surface area (Å²) in [6.07, 6.45) is 0. The van der Waals surface area contributed by atoms with E-state index in [2.05, 4.69) is 13.0 Å². The Labute approximate surface area is 109 Å². The summed E-state index contributed by atoms with van der Waals surface area (Å²) in [5.74, 6) is 0.723. The van der Waals surface area contributed by atoms with Crippen LogP contribution in [-0.2, 0) is 11.3 Å². The van der Waals surface area contributed by atoms with Crippen molar-refractivity contribution in [3.05, 3.63) is 34.9 Å². The fraction of sp³-hybridized carbons (Fsp3) is 0.533. The minimum atomic E-state index is 0.182. The minimum absolute atomic E-state index is 0.182. The van der Waals surface area contributed by atoms with Crippen molar-refractivity contribution in [2.75, 3.05) is 19.8 Å². The Morgan fingerprint density at radius 1 is 1.33 bits per heavy atom. The largest absolute Gasteiger partial charge is 0.381 e. The van der Waals surface area contributed by atoms with E-state index < -0.39 is 0 Å². The van der Waals surface area contributed by atoms with Crippen LogP contribution in [0.4, 0.5) is 0 Å². The van der Waals surface area contributed by atoms with Gasteiger partial charge in [-0.05, 0) is 18.6 Å². The van der Waals surface area contributed by atoms with E-state index in [1.807, 2.05) is 30.9 Å². The maximum Gasteiger partial charge on any atom is 0.254 e. The molecule has 2 heterocycles. The van der Waals surface area contributed by atoms with Crippen LogP contribution in [0.2, 0.25) is 0 Å². The number of carbonyl (C=O) groups is 1. The third-order valence-corrected chi connectivity index (χ3v) is 3.33. The number of nitrogens with zero attached hydrogens (tertiary/aromatic N) is 1. The molecule has 3 heteroatoms. The molecule has 0 saturated carbocycles. The molecule has 98 valence electrons. The summed E-state index contributed by atoms with van der Waals surface area (Å²) in [4.78, 5) is 14.0. The molecule has 0 radical (unpaired) electrons. The lowest BCUT2D eigenvalue weighted by Gasteiger charge is -2.30. The maximum absolute atomic E-state index is 12.1. The molecule has 0 aliphatic carbocycles. The molecule has 0 aromatic heterocycles. The molecular formula is C15H21NO2. The van der Waals surface area contributed by atoms with Crippen molar-refractivity contribution in [1.29, 1.82) is 0 Å². The summed E-state index contributed by atoms with van der Waals surface area (Å²) in [6, 6.07) is 6.07. The molecule has 18 heavy (non-hydrogen) atoms. The zero-order chi connectivity index (χ0) is 13.1. The molecule has 1 fully saturated rings. The molecule has 1 aromatic carbocycles. The first-order valence-corrected chi connectivity index (χ1v) is 6.70. The van der Waals surface area contributed by atoms with Gasteiger partial charge in [-0.1, -0.05) is 31.5 Å². The van der Waals surface area contributed by atoms with Gasteiger partial charge in [0.05, 0.1) is 13.2 Å². The van der Waals surface area contributed by atoms with Gasteiger partial charge >= 0.3 is 0 Å². The summed E-state index contributed by atoms with van der Waals surface area (Å²) in [5, 5.41) is 0. The highest BCUT2D eigenvalue weighted by Gasteiger charge is 2.31. The number of aryl methyl sites for hydroxylation is 1. The zero-order valence-corrected chi connectivity index (χ0v) is 11.4. The highest BCUT2D eigenvalue weighted by Crippen LogP contribution is 2.25. The maximum atomic E-state index is 12.1. The standard InChI is InChI=1S/C13H15NO2.C2H6/c1-9-2-3-12-11(4-9)6-14(13(12)15)5-10-7-16-8-10;1-2/h2-4,10H,5-8H2,1H3;1-2H3. The Morgan fingerprint density at radius 3 is 2.67 bits per heavy atom. The SMILES string of the molecule is CC.Cc1ccc2c(c1)CN(CC1COC1)C2=O. The number of hydrogen-bond acceptors (Lipinski definition) is 2. The van der Waals surface area contributed by atoms with Crippen LogP contribution in [0, 0.1) is 12.8 Å². The fourth-order valence-electron chi connectivity index (χ4n) is 2.36. The first-order valence-electron chi connectivity index (χ1n) is 6.70. The molecule has 1 saturated heterocycles. The Morgan fingerprint density at radius 2 is 2.06 bits per heavy atom. The predicted octanol–water partition coefficient (Wildman–Crippen LogP) is 2.62. The molecule has 2 aliphatic heterocycles. The second kappa shape index (κ2) is 5.53. The lowest BCUT2D eigenvalue weighted by atomic mass is 10.1. The Bertz CT molecular complexity index is 438. The van der Waals surface area contributed by atoms with Crippen molar-refractivity contribution in [1.82, 2.24) is 4.90 Å². The van der Waals surface area contributed by atoms with Crippen molar-refractivity contribution in [2.24, 2.45) is 5.92 Å². The number of amides is 1. The zero-order valence-electron chi connectivity index (χ0n) is 11.4. The Hall–Kier alpha value is -1.35. The lowest BCUT2D eigenvalue weighted by molar-refractivity contribution is -0.0433. The van der Waals surface area contributed by atoms with Crippen molar-refractivity contribution in [3.8, 4) is 0 Å². The van der Waals surface area contributed by atoms with Crippen LogP contribution in [0.5, 0.6) is 0 Å². The molecule has 0 bridgehead atoms. The quantitative estimate of drug-likeness (QED) is 0.804. The normalized spacial score (nSPS) is 17.9. The summed E-state index contributed by atoms with van der Waals surface area (Å²) < 4.78 is 5.14. The van der Waals surface area contributed by atoms with Gasteiger partial charge in [0.15, 0.2) is 0 Å². The van der Waals surface area contributed by atoms with E-state index in [4.69, 9.17) is 4.74 Å². The molecule has 0 spiro atoms. The van der Waals surface area contributed by atoms with Gasteiger partial charge in [0.1, 0.15) is 0 Å². The van der Waals surface area contributed by atoms with Crippen LogP contribution in [-0.4, -0.2) is 30.6 Å². The van der Waals surface area contributed by atoms with Gasteiger partial charge in [0.25, 0.3) is 5.91 Å². The van der Waals surface area contributed by atoms with E-state index in [1.165, 1.54) is 11.1 Å². The smallest absolute Gasteiger partial charge is 0.254 e. The van der Waals surface area contributed by atoms with Crippen molar-refractivity contribution >= 4 is 5.91 Å². The molecule has 2 aliphatic rings. The molecular weight excluding hydrogens is 226 g/mol. The van der Waals surface area contributed by atoms with E-state index in [9.17, 15) is 4.79 Å². The third-order valence-electron chi connectivity index (χ3n) is 3.33. The highest BCUT2D eigenvalue weighted by molar-refractivity contribution is 5.98. The van der Waals surface area contributed by atoms with Crippen LogP contribution in [0.1, 0.15) is 35.3 Å². The summed E-state index contributed by atoms with van der Waals surface area (Å²) in [6.45, 7) is 9.28. The van der Waals surface area contributed by atoms with Crippen molar-refractivity contribution in [2.45, 2.75) is 27.3 Å². The Balaban J connectivity index is 0.000000574. The number of rotatable bonds is 2. The van der Waals surface area contributed by atoms with Gasteiger partial charge in [-0.3, -0.25) is 4.79 Å². The van der Waals surface area contributed by atoms with Gasteiger partial charge in [0.2, 0.25) is 0 Å². The number of fused-ring (bicyclic) bond motifs is 1. The van der Waals surface area contributed by atoms with Crippen LogP contribution >= 0.6 is 0 Å². The average molecular weight is 247 g/mol. The van der Waals surface area contributed by atoms with E-state index in [-0.39, 0.29) is 5.91 Å². The topological polar surface area (TPSA) is 29.5 Å². The van der Waals surface area contributed by atoms with Gasteiger partial charge < -0.3 is 9.64 Å². The van der Waals surface area contributed by atoms with Crippen molar-refractivity contribution < 1.29 is 9.53 Å². The second-order valence-corrected chi connectivity index (χ2v) is 4.75. The average Bonchev–Trinajstić information content (AvgIpc) is 2.63. The van der Waals surface area contributed by atoms with E-state index in [0.717, 1.165) is 31.9 Å². The van der Waals surface area contributed by atoms with Crippen LogP contribution in [0.25, 0.3) is 0 Å². The van der Waals surface area contributed by atoms with Crippen LogP contribution in [0.15, 0.2) is 18.2 Å². The number of carbonyl (C=O) groups excluding carboxylic acids is 1. The Kier molecular flexibility index (Phi) is 4.02. The fourth-order valence-corrected chi connectivity index (χ4v) is 2.36. The molecule has 0 unspecified atom stereocenters. The highest BCUT2D eigenvalue weighted by atomic mass is 16.5. The first kappa shape index (κ1) is 13.1. The molecule has 0 atom stereocenters. The minimum Gasteiger partial charge on any atom is -0.381 e. The number of ether oxygens (including phenoxy) is 1. The van der Waals surface area contributed by atoms with Gasteiger partial charge in [-0.2, -0.15) is 0 Å². The monoisotopic (exact) mass is 247 g/mol. The molecule has 3 nitrogen and oxygen atoms in total. The van der Waals surface area contributed by atoms with E-state index in [0.29, 0.717) is 5.92 Å². The number of hydrogen-bond donors (Lipinski definition) is 0. The molecule has 3 rings (SSSR count). The summed E-state index contributed by atoms with van der Waals surface area (Å²) >= 11 is 0. The molecule has 1 aromatic rings. The lowest BCUT2D eigenvalue weighted by Crippen LogP contribution is -2.39. The van der Waals surface area contributed by atoms with E-state index in [1.54, 1.807) is 0 Å². The van der Waals surface area contributed by atoms with Gasteiger partial charge in [0, 0.05) is 24.6 Å². The van der Waals surface area contributed by atoms with Gasteiger partial charge in [-0.25, -0.2) is 0 Å². The summed E-state index contributed by atoms with van der Waals surface area (Å²) in [7, 11) is 0. The second-order valence-electron chi connectivity index (χ2n) is 4.75. The van der Waals surface area contributed by atoms with Crippen molar-refractivity contribution in [3.63, 3.8) is 0 Å². The molecule has 1 amide bonds. The number of benzene rings is 1. The third kappa shape index (κ3) is 2.41. The first-order chi connectivity index (χ1) is 8.74. The van der Waals surface area contributed by atoms with E-state index >= 15 is 0 Å². The van der Waals surface area contributed by atoms with Crippen LogP contribution < -0.4 is 0 Å². The predicted molar refractivity (Wildman–Crippen MR) is 71.6 cm³/mol. The molecule has 0 N–H and O–H groups in total. The summed E-state index contributed by atoms with van der Waals surface area (Å²) in [5.41, 5.74) is 3.27. The van der Waals surface area contributed by atoms with Gasteiger partial charge in [-0.15, -0.1) is 0 Å².